The molecule has 1 rings (SSSR count). The molecule has 1 aromatic rings. The van der Waals surface area contributed by atoms with Crippen molar-refractivity contribution in [1.82, 2.24) is 4.57 Å². The van der Waals surface area contributed by atoms with Gasteiger partial charge in [0.25, 0.3) is 0 Å². The van der Waals surface area contributed by atoms with Gasteiger partial charge < -0.3 is 9.88 Å². The Labute approximate surface area is 124 Å². The zero-order valence-corrected chi connectivity index (χ0v) is 12.6. The van der Waals surface area contributed by atoms with Gasteiger partial charge in [-0.1, -0.05) is 18.7 Å². The van der Waals surface area contributed by atoms with E-state index in [-0.39, 0.29) is 0 Å². The molecule has 0 fully saturated rings. The zero-order chi connectivity index (χ0) is 15.5. The molecule has 0 bridgehead atoms. The molecule has 0 radical (unpaired) electrons. The van der Waals surface area contributed by atoms with Crippen LogP contribution in [0.2, 0.25) is 0 Å². The summed E-state index contributed by atoms with van der Waals surface area (Å²) < 4.78 is 1.87. The van der Waals surface area contributed by atoms with Crippen LogP contribution in [-0.4, -0.2) is 17.5 Å². The van der Waals surface area contributed by atoms with Crippen molar-refractivity contribution in [3.63, 3.8) is 0 Å². The van der Waals surface area contributed by atoms with Gasteiger partial charge in [-0.3, -0.25) is 0 Å². The lowest BCUT2D eigenvalue weighted by molar-refractivity contribution is -0.556. The molecule has 0 aliphatic rings. The molecule has 0 unspecified atom stereocenters. The first kappa shape index (κ1) is 16.5. The molecule has 1 heterocycles. The van der Waals surface area contributed by atoms with E-state index in [0.717, 1.165) is 5.49 Å². The third-order valence-corrected chi connectivity index (χ3v) is 2.35. The molecule has 0 aliphatic carbocycles. The van der Waals surface area contributed by atoms with Gasteiger partial charge in [-0.2, -0.15) is 0 Å². The van der Waals surface area contributed by atoms with E-state index in [1.54, 1.807) is 13.0 Å². The van der Waals surface area contributed by atoms with Crippen molar-refractivity contribution in [2.75, 3.05) is 7.05 Å². The molecule has 0 spiro atoms. The Hall–Kier alpha value is -2.60. The molecule has 0 aliphatic heterocycles. The number of nitrogens with two attached hydrogens (primary N) is 1. The summed E-state index contributed by atoms with van der Waals surface area (Å²) in [6.45, 7) is 5.51. The second-order valence-corrected chi connectivity index (χ2v) is 4.19. The minimum absolute atomic E-state index is 0.464. The summed E-state index contributed by atoms with van der Waals surface area (Å²) in [5.41, 5.74) is 1.29. The van der Waals surface area contributed by atoms with E-state index in [1.807, 2.05) is 66.7 Å². The lowest BCUT2D eigenvalue weighted by Gasteiger charge is -1.95. The van der Waals surface area contributed by atoms with Crippen LogP contribution in [0.15, 0.2) is 81.5 Å². The normalized spacial score (nSPS) is 13.9. The number of amidine groups is 1. The highest BCUT2D eigenvalue weighted by Gasteiger charge is 1.88. The Bertz CT molecular complexity index is 646. The first-order valence-electron chi connectivity index (χ1n) is 6.57. The van der Waals surface area contributed by atoms with Crippen molar-refractivity contribution in [1.29, 1.82) is 0 Å². The van der Waals surface area contributed by atoms with Gasteiger partial charge in [-0.25, -0.2) is 0 Å². The predicted octanol–water partition coefficient (Wildman–Crippen LogP) is 1.49. The second kappa shape index (κ2) is 9.33. The number of quaternary nitrogens is 1. The van der Waals surface area contributed by atoms with Crippen molar-refractivity contribution >= 4 is 5.84 Å². The fourth-order valence-corrected chi connectivity index (χ4v) is 1.27. The van der Waals surface area contributed by atoms with E-state index in [0.29, 0.717) is 11.5 Å². The summed E-state index contributed by atoms with van der Waals surface area (Å²) in [4.78, 5) is 0. The van der Waals surface area contributed by atoms with E-state index < -0.39 is 0 Å². The summed E-state index contributed by atoms with van der Waals surface area (Å²) in [7, 11) is 3.86. The van der Waals surface area contributed by atoms with Crippen LogP contribution in [-0.2, 0) is 7.05 Å². The molecule has 0 atom stereocenters. The van der Waals surface area contributed by atoms with Gasteiger partial charge in [0.05, 0.1) is 18.9 Å². The summed E-state index contributed by atoms with van der Waals surface area (Å²) >= 11 is 0. The van der Waals surface area contributed by atoms with Crippen LogP contribution < -0.4 is 10.8 Å². The smallest absolute Gasteiger partial charge is 0.170 e. The third kappa shape index (κ3) is 6.93. The summed E-state index contributed by atoms with van der Waals surface area (Å²) in [5, 5.41) is 18.0. The molecule has 0 saturated heterocycles. The average Bonchev–Trinajstić information content (AvgIpc) is 2.48. The van der Waals surface area contributed by atoms with Crippen LogP contribution in [0.1, 0.15) is 6.92 Å². The highest BCUT2D eigenvalue weighted by Crippen LogP contribution is 1.97. The van der Waals surface area contributed by atoms with Crippen LogP contribution in [0.5, 0.6) is 0 Å². The number of rotatable bonds is 5. The van der Waals surface area contributed by atoms with Crippen LogP contribution >= 0.6 is 0 Å². The van der Waals surface area contributed by atoms with Crippen LogP contribution in [0.3, 0.4) is 0 Å². The van der Waals surface area contributed by atoms with Gasteiger partial charge in [0.2, 0.25) is 0 Å². The Kier molecular flexibility index (Phi) is 7.31. The number of azo groups is 1. The molecule has 110 valence electrons. The largest absolute Gasteiger partial charge is 0.335 e. The van der Waals surface area contributed by atoms with E-state index in [2.05, 4.69) is 27.0 Å². The van der Waals surface area contributed by atoms with Crippen molar-refractivity contribution in [3.8, 4) is 0 Å². The lowest BCUT2D eigenvalue weighted by atomic mass is 10.4. The SMILES string of the molecule is C=C(/C=C\C=C/[NH2+]C)N=N/C(C)=N/N=c1\ccccn1C. The average molecular weight is 285 g/mol. The van der Waals surface area contributed by atoms with Crippen molar-refractivity contribution in [2.24, 2.45) is 27.5 Å². The summed E-state index contributed by atoms with van der Waals surface area (Å²) in [6, 6.07) is 5.70. The molecule has 2 N–H and O–H groups in total. The maximum absolute atomic E-state index is 4.10. The summed E-state index contributed by atoms with van der Waals surface area (Å²) in [6.07, 6.45) is 9.34. The van der Waals surface area contributed by atoms with Gasteiger partial charge in [-0.05, 0) is 31.2 Å². The van der Waals surface area contributed by atoms with Crippen LogP contribution in [0.4, 0.5) is 0 Å². The standard InChI is InChI=1S/C15H20N6/c1-13(9-5-7-11-16-3)17-18-14(2)19-20-15-10-6-8-12-21(15)4/h5-12,16H,1H2,2-4H3/p+1/b9-5-,11-7-,18-17?,19-14+,20-15+. The second-order valence-electron chi connectivity index (χ2n) is 4.19. The Morgan fingerprint density at radius 1 is 1.29 bits per heavy atom. The molecular weight excluding hydrogens is 264 g/mol. The molecular formula is C15H21N6+. The van der Waals surface area contributed by atoms with E-state index in [4.69, 9.17) is 0 Å². The topological polar surface area (TPSA) is 71.0 Å². The van der Waals surface area contributed by atoms with Crippen LogP contribution in [0.25, 0.3) is 0 Å². The minimum atomic E-state index is 0.464. The Morgan fingerprint density at radius 3 is 2.81 bits per heavy atom. The highest BCUT2D eigenvalue weighted by atomic mass is 15.3. The van der Waals surface area contributed by atoms with E-state index in [9.17, 15) is 0 Å². The highest BCUT2D eigenvalue weighted by molar-refractivity contribution is 5.79. The monoisotopic (exact) mass is 285 g/mol. The van der Waals surface area contributed by atoms with Crippen molar-refractivity contribution in [2.45, 2.75) is 6.92 Å². The van der Waals surface area contributed by atoms with Gasteiger partial charge >= 0.3 is 0 Å². The maximum Gasteiger partial charge on any atom is 0.170 e. The fourth-order valence-electron chi connectivity index (χ4n) is 1.27. The molecule has 21 heavy (non-hydrogen) atoms. The Balaban J connectivity index is 2.68. The first-order valence-corrected chi connectivity index (χ1v) is 6.57. The molecule has 0 aromatic carbocycles. The first-order chi connectivity index (χ1) is 10.1. The predicted molar refractivity (Wildman–Crippen MR) is 84.2 cm³/mol. The Morgan fingerprint density at radius 2 is 2.10 bits per heavy atom. The quantitative estimate of drug-likeness (QED) is 0.280. The van der Waals surface area contributed by atoms with Gasteiger partial charge in [0.15, 0.2) is 11.3 Å². The number of nitrogens with zero attached hydrogens (tertiary/aromatic N) is 5. The number of pyridine rings is 1. The molecule has 0 amide bonds. The number of aryl methyl sites for hydroxylation is 1. The number of hydrogen-bond donors (Lipinski definition) is 1. The van der Waals surface area contributed by atoms with E-state index >= 15 is 0 Å². The molecule has 6 nitrogen and oxygen atoms in total. The van der Waals surface area contributed by atoms with Gasteiger partial charge in [0.1, 0.15) is 0 Å². The van der Waals surface area contributed by atoms with Gasteiger partial charge in [-0.15, -0.1) is 20.4 Å². The molecule has 1 aromatic heterocycles. The van der Waals surface area contributed by atoms with E-state index in [1.165, 1.54) is 0 Å². The van der Waals surface area contributed by atoms with Crippen molar-refractivity contribution in [3.05, 3.63) is 66.6 Å². The lowest BCUT2D eigenvalue weighted by Crippen LogP contribution is -2.72. The number of allylic oxidation sites excluding steroid dienone is 3. The maximum atomic E-state index is 4.10. The summed E-state index contributed by atoms with van der Waals surface area (Å²) in [5.74, 6) is 0.464. The number of hydrogen-bond acceptors (Lipinski definition) is 3. The minimum Gasteiger partial charge on any atom is -0.335 e. The zero-order valence-electron chi connectivity index (χ0n) is 12.6. The van der Waals surface area contributed by atoms with Gasteiger partial charge in [0, 0.05) is 13.2 Å². The molecule has 6 heteroatoms. The molecule has 0 saturated carbocycles. The number of aromatic nitrogens is 1. The fraction of sp³-hybridized carbons (Fsp3) is 0.200. The van der Waals surface area contributed by atoms with Crippen LogP contribution in [0, 0.1) is 0 Å². The van der Waals surface area contributed by atoms with Crippen molar-refractivity contribution < 1.29 is 5.32 Å². The third-order valence-electron chi connectivity index (χ3n) is 2.35.